The van der Waals surface area contributed by atoms with Crippen molar-refractivity contribution in [3.05, 3.63) is 59.3 Å². The maximum atomic E-state index is 11.8. The average molecular weight is 303 g/mol. The Balaban J connectivity index is 2.98. The van der Waals surface area contributed by atoms with Crippen molar-refractivity contribution in [2.45, 2.75) is 19.9 Å². The van der Waals surface area contributed by atoms with Gasteiger partial charge in [0.15, 0.2) is 0 Å². The maximum Gasteiger partial charge on any atom is 0.339 e. The van der Waals surface area contributed by atoms with E-state index in [-0.39, 0.29) is 11.6 Å². The van der Waals surface area contributed by atoms with Gasteiger partial charge in [-0.25, -0.2) is 9.59 Å². The third-order valence-electron chi connectivity index (χ3n) is 3.13. The summed E-state index contributed by atoms with van der Waals surface area (Å²) in [5.74, 6) is -1.06. The molecule has 0 aliphatic heterocycles. The van der Waals surface area contributed by atoms with Gasteiger partial charge in [-0.05, 0) is 25.5 Å². The molecule has 0 spiro atoms. The Bertz CT molecular complexity index is 576. The van der Waals surface area contributed by atoms with Gasteiger partial charge in [0.1, 0.15) is 0 Å². The lowest BCUT2D eigenvalue weighted by atomic mass is 10.1. The number of ether oxygens (including phenoxy) is 2. The van der Waals surface area contributed by atoms with E-state index in [4.69, 9.17) is 4.74 Å². The predicted octanol–water partition coefficient (Wildman–Crippen LogP) is 2.51. The highest BCUT2D eigenvalue weighted by Crippen LogP contribution is 2.15. The van der Waals surface area contributed by atoms with Crippen molar-refractivity contribution in [1.82, 2.24) is 5.32 Å². The molecule has 0 aliphatic carbocycles. The topological polar surface area (TPSA) is 64.6 Å². The van der Waals surface area contributed by atoms with Crippen LogP contribution in [0.1, 0.15) is 25.5 Å². The highest BCUT2D eigenvalue weighted by molar-refractivity contribution is 5.94. The zero-order valence-electron chi connectivity index (χ0n) is 13.3. The molecular formula is C17H21NO4. The van der Waals surface area contributed by atoms with E-state index in [1.807, 2.05) is 37.3 Å². The quantitative estimate of drug-likeness (QED) is 0.497. The fraction of sp³-hybridized carbons (Fsp3) is 0.294. The maximum absolute atomic E-state index is 11.8. The molecule has 0 bridgehead atoms. The number of hydrogen-bond donors (Lipinski definition) is 1. The predicted molar refractivity (Wildman–Crippen MR) is 83.9 cm³/mol. The third-order valence-corrected chi connectivity index (χ3v) is 3.13. The zero-order chi connectivity index (χ0) is 16.5. The molecule has 0 saturated carbocycles. The van der Waals surface area contributed by atoms with Crippen LogP contribution in [0.2, 0.25) is 0 Å². The molecular weight excluding hydrogens is 282 g/mol. The van der Waals surface area contributed by atoms with Gasteiger partial charge in [-0.2, -0.15) is 0 Å². The fourth-order valence-electron chi connectivity index (χ4n) is 1.90. The van der Waals surface area contributed by atoms with Crippen molar-refractivity contribution >= 4 is 11.9 Å². The Kier molecular flexibility index (Phi) is 6.89. The summed E-state index contributed by atoms with van der Waals surface area (Å²) in [6.45, 7) is 3.74. The summed E-state index contributed by atoms with van der Waals surface area (Å²) in [6.07, 6.45) is 2.57. The van der Waals surface area contributed by atoms with E-state index in [1.54, 1.807) is 6.92 Å². The van der Waals surface area contributed by atoms with Crippen molar-refractivity contribution in [2.75, 3.05) is 14.2 Å². The lowest BCUT2D eigenvalue weighted by Crippen LogP contribution is -2.20. The van der Waals surface area contributed by atoms with Gasteiger partial charge in [-0.3, -0.25) is 0 Å². The molecule has 1 atom stereocenters. The van der Waals surface area contributed by atoms with Crippen LogP contribution in [-0.4, -0.2) is 26.2 Å². The van der Waals surface area contributed by atoms with Crippen LogP contribution in [0.4, 0.5) is 0 Å². The van der Waals surface area contributed by atoms with Crippen LogP contribution < -0.4 is 5.32 Å². The van der Waals surface area contributed by atoms with E-state index >= 15 is 0 Å². The second kappa shape index (κ2) is 8.67. The van der Waals surface area contributed by atoms with Crippen LogP contribution in [0.15, 0.2) is 53.8 Å². The number of nitrogens with one attached hydrogen (secondary N) is 1. The first-order valence-corrected chi connectivity index (χ1v) is 6.86. The first kappa shape index (κ1) is 17.5. The van der Waals surface area contributed by atoms with Crippen LogP contribution in [0.3, 0.4) is 0 Å². The zero-order valence-corrected chi connectivity index (χ0v) is 13.3. The number of benzene rings is 1. The minimum Gasteiger partial charge on any atom is -0.466 e. The van der Waals surface area contributed by atoms with E-state index in [0.29, 0.717) is 5.70 Å². The third kappa shape index (κ3) is 5.09. The van der Waals surface area contributed by atoms with Crippen LogP contribution >= 0.6 is 0 Å². The summed E-state index contributed by atoms with van der Waals surface area (Å²) < 4.78 is 9.27. The highest BCUT2D eigenvalue weighted by Gasteiger charge is 2.13. The van der Waals surface area contributed by atoms with Gasteiger partial charge in [0.05, 0.1) is 19.8 Å². The largest absolute Gasteiger partial charge is 0.466 e. The summed E-state index contributed by atoms with van der Waals surface area (Å²) in [7, 11) is 2.57. The SMILES string of the molecule is COC(=O)/C=C/C(C(=O)OC)=C(/C)N[C@H](C)c1ccccc1. The highest BCUT2D eigenvalue weighted by atomic mass is 16.5. The van der Waals surface area contributed by atoms with E-state index in [1.165, 1.54) is 26.4 Å². The summed E-state index contributed by atoms with van der Waals surface area (Å²) in [5.41, 5.74) is 1.97. The van der Waals surface area contributed by atoms with Gasteiger partial charge >= 0.3 is 11.9 Å². The van der Waals surface area contributed by atoms with Crippen LogP contribution in [-0.2, 0) is 19.1 Å². The first-order chi connectivity index (χ1) is 10.5. The monoisotopic (exact) mass is 303 g/mol. The van der Waals surface area contributed by atoms with Crippen LogP contribution in [0, 0.1) is 0 Å². The summed E-state index contributed by atoms with van der Waals surface area (Å²) in [4.78, 5) is 23.0. The summed E-state index contributed by atoms with van der Waals surface area (Å²) >= 11 is 0. The molecule has 1 rings (SSSR count). The Hall–Kier alpha value is -2.56. The molecule has 0 amide bonds. The van der Waals surface area contributed by atoms with Gasteiger partial charge in [0.25, 0.3) is 0 Å². The fourth-order valence-corrected chi connectivity index (χ4v) is 1.90. The Morgan fingerprint density at radius 2 is 1.73 bits per heavy atom. The van der Waals surface area contributed by atoms with E-state index in [0.717, 1.165) is 5.56 Å². The molecule has 1 aromatic carbocycles. The second-order valence-electron chi connectivity index (χ2n) is 4.66. The van der Waals surface area contributed by atoms with Crippen molar-refractivity contribution < 1.29 is 19.1 Å². The van der Waals surface area contributed by atoms with Gasteiger partial charge in [-0.15, -0.1) is 0 Å². The first-order valence-electron chi connectivity index (χ1n) is 6.86. The number of rotatable bonds is 6. The normalized spacial score (nSPS) is 13.3. The number of methoxy groups -OCH3 is 2. The van der Waals surface area contributed by atoms with Gasteiger partial charge in [0, 0.05) is 17.8 Å². The smallest absolute Gasteiger partial charge is 0.339 e. The van der Waals surface area contributed by atoms with E-state index in [9.17, 15) is 9.59 Å². The Morgan fingerprint density at radius 3 is 2.27 bits per heavy atom. The average Bonchev–Trinajstić information content (AvgIpc) is 2.55. The number of carbonyl (C=O) groups is 2. The second-order valence-corrected chi connectivity index (χ2v) is 4.66. The van der Waals surface area contributed by atoms with E-state index in [2.05, 4.69) is 10.1 Å². The standard InChI is InChI=1S/C17H21NO4/c1-12(14-8-6-5-7-9-14)18-13(2)15(17(20)22-4)10-11-16(19)21-3/h5-12,18H,1-4H3/b11-10+,15-13+/t12-/m1/s1. The lowest BCUT2D eigenvalue weighted by Gasteiger charge is -2.17. The molecule has 0 aliphatic rings. The molecule has 1 aromatic rings. The molecule has 0 radical (unpaired) electrons. The number of esters is 2. The van der Waals surface area contributed by atoms with Gasteiger partial charge in [0.2, 0.25) is 0 Å². The minimum atomic E-state index is -0.537. The molecule has 0 unspecified atom stereocenters. The molecule has 0 fully saturated rings. The lowest BCUT2D eigenvalue weighted by molar-refractivity contribution is -0.135. The summed E-state index contributed by atoms with van der Waals surface area (Å²) in [5, 5.41) is 3.23. The number of hydrogen-bond acceptors (Lipinski definition) is 5. The molecule has 1 N–H and O–H groups in total. The van der Waals surface area contributed by atoms with Gasteiger partial charge < -0.3 is 14.8 Å². The minimum absolute atomic E-state index is 0.00684. The van der Waals surface area contributed by atoms with Crippen molar-refractivity contribution in [3.8, 4) is 0 Å². The molecule has 118 valence electrons. The Labute approximate surface area is 130 Å². The number of allylic oxidation sites excluding steroid dienone is 1. The molecule has 22 heavy (non-hydrogen) atoms. The molecule has 0 heterocycles. The summed E-state index contributed by atoms with van der Waals surface area (Å²) in [6, 6.07) is 9.83. The molecule has 5 heteroatoms. The van der Waals surface area contributed by atoms with Crippen molar-refractivity contribution in [1.29, 1.82) is 0 Å². The van der Waals surface area contributed by atoms with Crippen LogP contribution in [0.25, 0.3) is 0 Å². The molecule has 5 nitrogen and oxygen atoms in total. The van der Waals surface area contributed by atoms with Crippen molar-refractivity contribution in [3.63, 3.8) is 0 Å². The molecule has 0 aromatic heterocycles. The van der Waals surface area contributed by atoms with Crippen LogP contribution in [0.5, 0.6) is 0 Å². The molecule has 0 saturated heterocycles. The number of carbonyl (C=O) groups excluding carboxylic acids is 2. The Morgan fingerprint density at radius 1 is 1.09 bits per heavy atom. The van der Waals surface area contributed by atoms with Crippen molar-refractivity contribution in [2.24, 2.45) is 0 Å². The van der Waals surface area contributed by atoms with Gasteiger partial charge in [-0.1, -0.05) is 30.3 Å². The van der Waals surface area contributed by atoms with E-state index < -0.39 is 11.9 Å².